The Balaban J connectivity index is 0.00000289. The van der Waals surface area contributed by atoms with Crippen LogP contribution in [0.2, 0.25) is 0 Å². The number of hydrogen-bond acceptors (Lipinski definition) is 3. The molecule has 0 heterocycles. The van der Waals surface area contributed by atoms with Crippen LogP contribution in [0.3, 0.4) is 0 Å². The van der Waals surface area contributed by atoms with E-state index < -0.39 is 15.5 Å². The summed E-state index contributed by atoms with van der Waals surface area (Å²) in [6, 6.07) is 7.59. The van der Waals surface area contributed by atoms with Gasteiger partial charge in [0.1, 0.15) is 0 Å². The first-order valence-electron chi connectivity index (χ1n) is 5.69. The van der Waals surface area contributed by atoms with Crippen LogP contribution in [0.1, 0.15) is 25.8 Å². The van der Waals surface area contributed by atoms with E-state index in [4.69, 9.17) is 0 Å². The Bertz CT molecular complexity index is 476. The van der Waals surface area contributed by atoms with Crippen molar-refractivity contribution >= 4 is 45.4 Å². The topological polar surface area (TPSA) is 57.6 Å². The fourth-order valence-corrected chi connectivity index (χ4v) is 2.96. The van der Waals surface area contributed by atoms with E-state index in [0.717, 1.165) is 11.3 Å². The molecule has 6 heteroatoms. The van der Waals surface area contributed by atoms with E-state index in [9.17, 15) is 13.0 Å². The zero-order valence-electron chi connectivity index (χ0n) is 10.4. The van der Waals surface area contributed by atoms with E-state index in [-0.39, 0.29) is 29.6 Å². The van der Waals surface area contributed by atoms with Gasteiger partial charge in [0.05, 0.1) is 0 Å². The van der Waals surface area contributed by atoms with E-state index in [0.29, 0.717) is 13.0 Å². The fourth-order valence-electron chi connectivity index (χ4n) is 1.95. The van der Waals surface area contributed by atoms with Crippen LogP contribution in [0.15, 0.2) is 24.3 Å². The maximum atomic E-state index is 11.3. The van der Waals surface area contributed by atoms with E-state index in [1.165, 1.54) is 0 Å². The van der Waals surface area contributed by atoms with Crippen molar-refractivity contribution in [2.45, 2.75) is 32.6 Å². The van der Waals surface area contributed by atoms with Crippen molar-refractivity contribution in [2.75, 3.05) is 11.4 Å². The average molecular weight is 281 g/mol. The number of benzene rings is 1. The molecule has 1 rings (SSSR count). The molecule has 18 heavy (non-hydrogen) atoms. The molecule has 0 aliphatic heterocycles. The Hall–Kier alpha value is -0.0700. The van der Waals surface area contributed by atoms with E-state index in [2.05, 4.69) is 0 Å². The van der Waals surface area contributed by atoms with Gasteiger partial charge in [-0.15, -0.1) is 0 Å². The van der Waals surface area contributed by atoms with E-state index >= 15 is 0 Å². The number of nitrogens with zero attached hydrogens (tertiary/aromatic N) is 1. The summed E-state index contributed by atoms with van der Waals surface area (Å²) in [6.07, 6.45) is 0.348. The SMILES string of the molecule is CCC(N(CC)c1cccc(C)c1)S(=O)(=O)O.[NaH]. The molecule has 0 saturated carbocycles. The normalized spacial score (nSPS) is 12.7. The predicted molar refractivity (Wildman–Crippen MR) is 77.0 cm³/mol. The van der Waals surface area contributed by atoms with Crippen LogP contribution in [0.5, 0.6) is 0 Å². The first kappa shape index (κ1) is 17.9. The van der Waals surface area contributed by atoms with Crippen LogP contribution in [-0.2, 0) is 10.1 Å². The predicted octanol–water partition coefficient (Wildman–Crippen LogP) is 1.80. The number of aryl methyl sites for hydroxylation is 1. The second-order valence-electron chi connectivity index (χ2n) is 4.00. The molecular weight excluding hydrogens is 261 g/mol. The van der Waals surface area contributed by atoms with Crippen molar-refractivity contribution in [1.29, 1.82) is 0 Å². The van der Waals surface area contributed by atoms with Gasteiger partial charge < -0.3 is 4.90 Å². The molecule has 0 amide bonds. The Morgan fingerprint density at radius 2 is 1.94 bits per heavy atom. The standard InChI is InChI=1S/C12H19NO3S.Na.H/c1-4-12(17(14,15)16)13(5-2)11-8-6-7-10(3)9-11;;/h6-9,12H,4-5H2,1-3H3,(H,14,15,16);;. The molecular formula is C12H20NNaO3S. The zero-order chi connectivity index (χ0) is 13.1. The summed E-state index contributed by atoms with van der Waals surface area (Å²) in [4.78, 5) is 1.70. The molecule has 1 unspecified atom stereocenters. The van der Waals surface area contributed by atoms with Crippen LogP contribution in [0.25, 0.3) is 0 Å². The molecule has 0 aromatic heterocycles. The molecule has 0 radical (unpaired) electrons. The third-order valence-corrected chi connectivity index (χ3v) is 3.99. The van der Waals surface area contributed by atoms with Crippen LogP contribution in [0.4, 0.5) is 5.69 Å². The quantitative estimate of drug-likeness (QED) is 0.660. The summed E-state index contributed by atoms with van der Waals surface area (Å²) in [7, 11) is -4.06. The van der Waals surface area contributed by atoms with Crippen molar-refractivity contribution in [1.82, 2.24) is 0 Å². The fraction of sp³-hybridized carbons (Fsp3) is 0.500. The molecule has 1 atom stereocenters. The number of hydrogen-bond donors (Lipinski definition) is 1. The maximum absolute atomic E-state index is 11.3. The molecule has 0 bridgehead atoms. The Morgan fingerprint density at radius 1 is 1.33 bits per heavy atom. The molecule has 1 N–H and O–H groups in total. The van der Waals surface area contributed by atoms with Gasteiger partial charge in [-0.2, -0.15) is 8.42 Å². The van der Waals surface area contributed by atoms with Gasteiger partial charge in [-0.25, -0.2) is 0 Å². The first-order chi connectivity index (χ1) is 7.90. The van der Waals surface area contributed by atoms with Crippen molar-refractivity contribution in [2.24, 2.45) is 0 Å². The van der Waals surface area contributed by atoms with Crippen LogP contribution in [0, 0.1) is 6.92 Å². The van der Waals surface area contributed by atoms with Crippen molar-refractivity contribution in [3.63, 3.8) is 0 Å². The van der Waals surface area contributed by atoms with Gasteiger partial charge in [-0.3, -0.25) is 4.55 Å². The Labute approximate surface area is 131 Å². The van der Waals surface area contributed by atoms with Gasteiger partial charge in [0.25, 0.3) is 10.1 Å². The summed E-state index contributed by atoms with van der Waals surface area (Å²) in [5, 5.41) is -0.880. The minimum atomic E-state index is -4.06. The summed E-state index contributed by atoms with van der Waals surface area (Å²) in [6.45, 7) is 6.10. The van der Waals surface area contributed by atoms with Gasteiger partial charge in [-0.1, -0.05) is 19.1 Å². The Morgan fingerprint density at radius 3 is 2.33 bits per heavy atom. The summed E-state index contributed by atoms with van der Waals surface area (Å²) < 4.78 is 31.9. The molecule has 98 valence electrons. The second kappa shape index (κ2) is 7.50. The molecule has 0 aliphatic rings. The average Bonchev–Trinajstić information content (AvgIpc) is 2.23. The first-order valence-corrected chi connectivity index (χ1v) is 7.20. The van der Waals surface area contributed by atoms with E-state index in [1.807, 2.05) is 38.1 Å². The minimum absolute atomic E-state index is 0. The van der Waals surface area contributed by atoms with Crippen LogP contribution >= 0.6 is 0 Å². The summed E-state index contributed by atoms with van der Waals surface area (Å²) >= 11 is 0. The molecule has 0 fully saturated rings. The van der Waals surface area contributed by atoms with Gasteiger partial charge in [0.15, 0.2) is 5.37 Å². The van der Waals surface area contributed by atoms with Crippen molar-refractivity contribution in [3.05, 3.63) is 29.8 Å². The monoisotopic (exact) mass is 281 g/mol. The molecule has 0 spiro atoms. The van der Waals surface area contributed by atoms with Crippen LogP contribution in [-0.4, -0.2) is 54.4 Å². The summed E-state index contributed by atoms with van der Waals surface area (Å²) in [5.74, 6) is 0. The molecule has 0 saturated heterocycles. The summed E-state index contributed by atoms with van der Waals surface area (Å²) in [5.41, 5.74) is 1.88. The zero-order valence-corrected chi connectivity index (χ0v) is 11.2. The van der Waals surface area contributed by atoms with Gasteiger partial charge >= 0.3 is 29.6 Å². The second-order valence-corrected chi connectivity index (χ2v) is 5.58. The molecule has 1 aromatic carbocycles. The third kappa shape index (κ3) is 4.55. The van der Waals surface area contributed by atoms with Gasteiger partial charge in [0, 0.05) is 12.2 Å². The number of rotatable bonds is 5. The molecule has 0 aliphatic carbocycles. The van der Waals surface area contributed by atoms with Gasteiger partial charge in [0.2, 0.25) is 0 Å². The molecule has 1 aromatic rings. The third-order valence-electron chi connectivity index (χ3n) is 2.71. The van der Waals surface area contributed by atoms with Crippen molar-refractivity contribution < 1.29 is 13.0 Å². The Kier molecular flexibility index (Phi) is 7.47. The van der Waals surface area contributed by atoms with Gasteiger partial charge in [-0.05, 0) is 38.0 Å². The van der Waals surface area contributed by atoms with E-state index in [1.54, 1.807) is 11.8 Å². The molecule has 4 nitrogen and oxygen atoms in total. The van der Waals surface area contributed by atoms with Crippen molar-refractivity contribution in [3.8, 4) is 0 Å². The number of anilines is 1. The van der Waals surface area contributed by atoms with Crippen LogP contribution < -0.4 is 4.90 Å².